The lowest BCUT2D eigenvalue weighted by Gasteiger charge is -2.09. The first kappa shape index (κ1) is 19.2. The lowest BCUT2D eigenvalue weighted by molar-refractivity contribution is 0.242. The first-order valence-corrected chi connectivity index (χ1v) is 7.51. The van der Waals surface area contributed by atoms with Crippen LogP contribution in [-0.4, -0.2) is 29.3 Å². The number of hydrogen-bond acceptors (Lipinski definition) is 5. The highest BCUT2D eigenvalue weighted by atomic mass is 35.5. The van der Waals surface area contributed by atoms with Crippen molar-refractivity contribution in [1.29, 1.82) is 0 Å². The smallest absolute Gasteiger partial charge is 0.250 e. The Bertz CT molecular complexity index is 626. The van der Waals surface area contributed by atoms with Gasteiger partial charge in [0.1, 0.15) is 5.75 Å². The summed E-state index contributed by atoms with van der Waals surface area (Å²) in [6.07, 6.45) is 4.65. The van der Waals surface area contributed by atoms with Crippen molar-refractivity contribution in [1.82, 2.24) is 15.5 Å². The van der Waals surface area contributed by atoms with Crippen LogP contribution >= 0.6 is 12.4 Å². The van der Waals surface area contributed by atoms with E-state index in [-0.39, 0.29) is 18.5 Å². The van der Waals surface area contributed by atoms with E-state index in [1.54, 1.807) is 0 Å². The third kappa shape index (κ3) is 6.42. The molecule has 6 heteroatoms. The van der Waals surface area contributed by atoms with Crippen LogP contribution in [0.2, 0.25) is 0 Å². The zero-order chi connectivity index (χ0) is 15.9. The molecule has 0 saturated heterocycles. The number of nitrogens with zero attached hydrogens (tertiary/aromatic N) is 2. The number of likely N-dealkylation sites (N-methyl/N-ethyl adjacent to an activating group) is 1. The fourth-order valence-corrected chi connectivity index (χ4v) is 1.93. The van der Waals surface area contributed by atoms with Gasteiger partial charge in [-0.05, 0) is 51.6 Å². The first-order valence-electron chi connectivity index (χ1n) is 7.51. The fraction of sp³-hybridized carbons (Fsp3) is 0.412. The molecule has 0 aliphatic heterocycles. The van der Waals surface area contributed by atoms with Crippen LogP contribution in [0.4, 0.5) is 0 Å². The van der Waals surface area contributed by atoms with Crippen molar-refractivity contribution in [3.63, 3.8) is 0 Å². The van der Waals surface area contributed by atoms with Gasteiger partial charge in [0.15, 0.2) is 5.82 Å². The number of halogens is 1. The van der Waals surface area contributed by atoms with Gasteiger partial charge < -0.3 is 14.6 Å². The highest BCUT2D eigenvalue weighted by Crippen LogP contribution is 2.16. The van der Waals surface area contributed by atoms with Crippen LogP contribution in [0.15, 0.2) is 28.8 Å². The average Bonchev–Trinajstić information content (AvgIpc) is 2.92. The summed E-state index contributed by atoms with van der Waals surface area (Å²) in [4.78, 5) is 4.35. The van der Waals surface area contributed by atoms with Crippen LogP contribution in [-0.2, 0) is 6.42 Å². The summed E-state index contributed by atoms with van der Waals surface area (Å²) >= 11 is 0. The molecule has 1 unspecified atom stereocenters. The van der Waals surface area contributed by atoms with Gasteiger partial charge in [0.05, 0.1) is 6.10 Å². The minimum atomic E-state index is 0. The Morgan fingerprint density at radius 3 is 2.74 bits per heavy atom. The average molecular weight is 338 g/mol. The van der Waals surface area contributed by atoms with E-state index in [1.807, 2.05) is 57.3 Å². The van der Waals surface area contributed by atoms with Crippen molar-refractivity contribution in [2.24, 2.45) is 0 Å². The molecule has 0 amide bonds. The Hall–Kier alpha value is -1.85. The van der Waals surface area contributed by atoms with Gasteiger partial charge in [-0.25, -0.2) is 0 Å². The maximum absolute atomic E-state index is 5.67. The second-order valence-corrected chi connectivity index (χ2v) is 5.52. The molecule has 1 N–H and O–H groups in total. The summed E-state index contributed by atoms with van der Waals surface area (Å²) in [7, 11) is 1.91. The van der Waals surface area contributed by atoms with Crippen LogP contribution in [0.3, 0.4) is 0 Å². The van der Waals surface area contributed by atoms with Crippen LogP contribution in [0.5, 0.6) is 5.75 Å². The molecule has 0 bridgehead atoms. The molecule has 2 aromatic rings. The number of nitrogens with one attached hydrogen (secondary N) is 1. The topological polar surface area (TPSA) is 60.2 Å². The second kappa shape index (κ2) is 9.33. The molecular formula is C17H24ClN3O2. The molecule has 1 heterocycles. The molecule has 0 saturated carbocycles. The molecule has 23 heavy (non-hydrogen) atoms. The normalized spacial score (nSPS) is 12.4. The molecule has 2 rings (SSSR count). The molecule has 126 valence electrons. The predicted octanol–water partition coefficient (Wildman–Crippen LogP) is 3.60. The number of rotatable bonds is 7. The summed E-state index contributed by atoms with van der Waals surface area (Å²) in [5.74, 6) is 2.07. The Morgan fingerprint density at radius 2 is 2.04 bits per heavy atom. The second-order valence-electron chi connectivity index (χ2n) is 5.52. The third-order valence-corrected chi connectivity index (χ3v) is 3.11. The number of benzene rings is 1. The maximum Gasteiger partial charge on any atom is 0.250 e. The molecule has 0 radical (unpaired) electrons. The van der Waals surface area contributed by atoms with E-state index in [0.29, 0.717) is 17.8 Å². The van der Waals surface area contributed by atoms with Crippen molar-refractivity contribution in [2.45, 2.75) is 39.3 Å². The SMILES string of the molecule is CNC(C)Cc1noc(/C=C/c2cccc(OC(C)C)c2)n1.Cl. The minimum Gasteiger partial charge on any atom is -0.491 e. The monoisotopic (exact) mass is 337 g/mol. The highest BCUT2D eigenvalue weighted by molar-refractivity contribution is 5.85. The molecular weight excluding hydrogens is 314 g/mol. The molecule has 0 spiro atoms. The van der Waals surface area contributed by atoms with Crippen LogP contribution in [0, 0.1) is 0 Å². The van der Waals surface area contributed by atoms with E-state index < -0.39 is 0 Å². The van der Waals surface area contributed by atoms with Gasteiger partial charge in [0.2, 0.25) is 0 Å². The van der Waals surface area contributed by atoms with E-state index >= 15 is 0 Å². The third-order valence-electron chi connectivity index (χ3n) is 3.11. The molecule has 0 fully saturated rings. The van der Waals surface area contributed by atoms with E-state index in [4.69, 9.17) is 9.26 Å². The summed E-state index contributed by atoms with van der Waals surface area (Å²) < 4.78 is 10.9. The van der Waals surface area contributed by atoms with Crippen molar-refractivity contribution >= 4 is 24.6 Å². The molecule has 1 aromatic carbocycles. The van der Waals surface area contributed by atoms with E-state index in [0.717, 1.165) is 17.7 Å². The van der Waals surface area contributed by atoms with Gasteiger partial charge in [-0.3, -0.25) is 0 Å². The van der Waals surface area contributed by atoms with Crippen molar-refractivity contribution in [2.75, 3.05) is 7.05 Å². The van der Waals surface area contributed by atoms with Crippen molar-refractivity contribution < 1.29 is 9.26 Å². The van der Waals surface area contributed by atoms with Gasteiger partial charge in [-0.2, -0.15) is 4.98 Å². The van der Waals surface area contributed by atoms with Crippen molar-refractivity contribution in [3.05, 3.63) is 41.5 Å². The molecule has 1 aromatic heterocycles. The van der Waals surface area contributed by atoms with E-state index in [1.165, 1.54) is 0 Å². The van der Waals surface area contributed by atoms with Gasteiger partial charge >= 0.3 is 0 Å². The maximum atomic E-state index is 5.67. The van der Waals surface area contributed by atoms with Crippen LogP contribution in [0.1, 0.15) is 38.0 Å². The zero-order valence-electron chi connectivity index (χ0n) is 13.9. The molecule has 5 nitrogen and oxygen atoms in total. The Morgan fingerprint density at radius 1 is 1.26 bits per heavy atom. The number of aromatic nitrogens is 2. The fourth-order valence-electron chi connectivity index (χ4n) is 1.93. The summed E-state index contributed by atoms with van der Waals surface area (Å²) in [6, 6.07) is 8.22. The molecule has 0 aliphatic rings. The lowest BCUT2D eigenvalue weighted by Crippen LogP contribution is -2.24. The van der Waals surface area contributed by atoms with Crippen LogP contribution < -0.4 is 10.1 Å². The highest BCUT2D eigenvalue weighted by Gasteiger charge is 2.07. The quantitative estimate of drug-likeness (QED) is 0.836. The predicted molar refractivity (Wildman–Crippen MR) is 94.9 cm³/mol. The Labute approximate surface area is 143 Å². The summed E-state index contributed by atoms with van der Waals surface area (Å²) in [5.41, 5.74) is 1.03. The van der Waals surface area contributed by atoms with E-state index in [9.17, 15) is 0 Å². The van der Waals surface area contributed by atoms with Gasteiger partial charge in [-0.15, -0.1) is 12.4 Å². The zero-order valence-corrected chi connectivity index (χ0v) is 14.8. The van der Waals surface area contributed by atoms with Gasteiger partial charge in [0, 0.05) is 18.5 Å². The van der Waals surface area contributed by atoms with Crippen LogP contribution in [0.25, 0.3) is 12.2 Å². The van der Waals surface area contributed by atoms with Gasteiger partial charge in [-0.1, -0.05) is 17.3 Å². The summed E-state index contributed by atoms with van der Waals surface area (Å²) in [5, 5.41) is 7.12. The Kier molecular flexibility index (Phi) is 7.78. The van der Waals surface area contributed by atoms with Gasteiger partial charge in [0.25, 0.3) is 5.89 Å². The summed E-state index contributed by atoms with van der Waals surface area (Å²) in [6.45, 7) is 6.09. The lowest BCUT2D eigenvalue weighted by atomic mass is 10.2. The standard InChI is InChI=1S/C17H23N3O2.ClH/c1-12(2)21-15-7-5-6-14(11-15)8-9-17-19-16(20-22-17)10-13(3)18-4;/h5-9,11-13,18H,10H2,1-4H3;1H/b9-8+;. The molecule has 0 aliphatic carbocycles. The van der Waals surface area contributed by atoms with Crippen molar-refractivity contribution in [3.8, 4) is 5.75 Å². The number of ether oxygens (including phenoxy) is 1. The number of hydrogen-bond donors (Lipinski definition) is 1. The Balaban J connectivity index is 0.00000264. The largest absolute Gasteiger partial charge is 0.491 e. The molecule has 1 atom stereocenters. The minimum absolute atomic E-state index is 0. The first-order chi connectivity index (χ1) is 10.6. The van der Waals surface area contributed by atoms with E-state index in [2.05, 4.69) is 22.4 Å².